The summed E-state index contributed by atoms with van der Waals surface area (Å²) >= 11 is 0. The molecule has 0 saturated carbocycles. The predicted octanol–water partition coefficient (Wildman–Crippen LogP) is 2.29. The maximum Gasteiger partial charge on any atom is 0.152 e. The topological polar surface area (TPSA) is 32.9 Å². The number of carbonyl (C=O) groups excluding carboxylic acids is 1. The molecule has 0 saturated heterocycles. The Morgan fingerprint density at radius 2 is 2.25 bits per heavy atom. The minimum atomic E-state index is 0.727. The molecule has 0 aliphatic heterocycles. The van der Waals surface area contributed by atoms with E-state index >= 15 is 0 Å². The second-order valence-electron chi connectivity index (χ2n) is 2.91. The Labute approximate surface area is 70.2 Å². The molecule has 0 atom stereocenters. The molecule has 0 spiro atoms. The van der Waals surface area contributed by atoms with Crippen molar-refractivity contribution in [1.82, 2.24) is 4.98 Å². The molecule has 2 rings (SSSR count). The number of H-pyrrole nitrogens is 1. The summed E-state index contributed by atoms with van der Waals surface area (Å²) in [7, 11) is 0. The molecule has 2 heteroatoms. The Morgan fingerprint density at radius 1 is 1.42 bits per heavy atom. The average Bonchev–Trinajstić information content (AvgIpc) is 2.46. The Hall–Kier alpha value is -1.57. The number of rotatable bonds is 1. The standard InChI is InChI=1S/C10H9NO/c1-7-2-3-9-8(6-12)5-11-10(9)4-7/h2-6,11H,1H3. The first-order valence-corrected chi connectivity index (χ1v) is 3.84. The van der Waals surface area contributed by atoms with Gasteiger partial charge in [0.2, 0.25) is 0 Å². The quantitative estimate of drug-likeness (QED) is 0.636. The van der Waals surface area contributed by atoms with E-state index in [2.05, 4.69) is 4.98 Å². The molecule has 2 nitrogen and oxygen atoms in total. The molecular weight excluding hydrogens is 150 g/mol. The molecule has 0 bridgehead atoms. The maximum atomic E-state index is 10.5. The van der Waals surface area contributed by atoms with Crippen molar-refractivity contribution < 1.29 is 4.79 Å². The number of fused-ring (bicyclic) bond motifs is 1. The van der Waals surface area contributed by atoms with Gasteiger partial charge in [0.25, 0.3) is 0 Å². The van der Waals surface area contributed by atoms with Crippen molar-refractivity contribution in [2.45, 2.75) is 6.92 Å². The number of hydrogen-bond donors (Lipinski definition) is 1. The van der Waals surface area contributed by atoms with Crippen molar-refractivity contribution in [2.75, 3.05) is 0 Å². The fraction of sp³-hybridized carbons (Fsp3) is 0.100. The summed E-state index contributed by atoms with van der Waals surface area (Å²) in [6.07, 6.45) is 2.60. The smallest absolute Gasteiger partial charge is 0.152 e. The van der Waals surface area contributed by atoms with Gasteiger partial charge in [0.15, 0.2) is 6.29 Å². The SMILES string of the molecule is Cc1ccc2c(C=O)c[nH]c2c1. The van der Waals surface area contributed by atoms with Crippen LogP contribution in [0.5, 0.6) is 0 Å². The van der Waals surface area contributed by atoms with Gasteiger partial charge in [-0.05, 0) is 18.6 Å². The third kappa shape index (κ3) is 0.925. The van der Waals surface area contributed by atoms with E-state index in [1.165, 1.54) is 5.56 Å². The van der Waals surface area contributed by atoms with Crippen LogP contribution in [0.25, 0.3) is 10.9 Å². The van der Waals surface area contributed by atoms with E-state index in [0.717, 1.165) is 22.8 Å². The minimum absolute atomic E-state index is 0.727. The summed E-state index contributed by atoms with van der Waals surface area (Å²) in [5.74, 6) is 0. The number of carbonyl (C=O) groups is 1. The van der Waals surface area contributed by atoms with Gasteiger partial charge in [-0.3, -0.25) is 4.79 Å². The first-order chi connectivity index (χ1) is 5.81. The van der Waals surface area contributed by atoms with Gasteiger partial charge in [-0.15, -0.1) is 0 Å². The second kappa shape index (κ2) is 2.48. The Kier molecular flexibility index (Phi) is 1.47. The third-order valence-electron chi connectivity index (χ3n) is 2.00. The van der Waals surface area contributed by atoms with Crippen LogP contribution in [0.15, 0.2) is 24.4 Å². The first-order valence-electron chi connectivity index (χ1n) is 3.84. The Morgan fingerprint density at radius 3 is 3.00 bits per heavy atom. The first kappa shape index (κ1) is 7.10. The predicted molar refractivity (Wildman–Crippen MR) is 48.4 cm³/mol. The number of aromatic amines is 1. The monoisotopic (exact) mass is 159 g/mol. The van der Waals surface area contributed by atoms with Crippen LogP contribution in [0.3, 0.4) is 0 Å². The van der Waals surface area contributed by atoms with E-state index in [4.69, 9.17) is 0 Å². The minimum Gasteiger partial charge on any atom is -0.360 e. The highest BCUT2D eigenvalue weighted by Crippen LogP contribution is 2.17. The zero-order chi connectivity index (χ0) is 8.55. The van der Waals surface area contributed by atoms with Gasteiger partial charge in [0, 0.05) is 22.7 Å². The van der Waals surface area contributed by atoms with Gasteiger partial charge in [0.1, 0.15) is 0 Å². The zero-order valence-corrected chi connectivity index (χ0v) is 6.79. The fourth-order valence-electron chi connectivity index (χ4n) is 1.36. The van der Waals surface area contributed by atoms with Crippen molar-refractivity contribution in [2.24, 2.45) is 0 Å². The van der Waals surface area contributed by atoms with Crippen LogP contribution >= 0.6 is 0 Å². The molecule has 1 aromatic carbocycles. The summed E-state index contributed by atoms with van der Waals surface area (Å²) in [4.78, 5) is 13.6. The van der Waals surface area contributed by atoms with E-state index in [1.807, 2.05) is 25.1 Å². The lowest BCUT2D eigenvalue weighted by Crippen LogP contribution is -1.75. The number of nitrogens with one attached hydrogen (secondary N) is 1. The summed E-state index contributed by atoms with van der Waals surface area (Å²) in [5.41, 5.74) is 2.95. The molecule has 0 fully saturated rings. The molecule has 60 valence electrons. The normalized spacial score (nSPS) is 10.4. The molecule has 0 amide bonds. The van der Waals surface area contributed by atoms with Crippen molar-refractivity contribution in [3.8, 4) is 0 Å². The summed E-state index contributed by atoms with van der Waals surface area (Å²) in [5, 5.41) is 0.996. The van der Waals surface area contributed by atoms with E-state index in [1.54, 1.807) is 6.20 Å². The lowest BCUT2D eigenvalue weighted by atomic mass is 10.1. The molecular formula is C10H9NO. The van der Waals surface area contributed by atoms with Crippen LogP contribution in [0.2, 0.25) is 0 Å². The molecule has 12 heavy (non-hydrogen) atoms. The van der Waals surface area contributed by atoms with Crippen LogP contribution in [0.4, 0.5) is 0 Å². The van der Waals surface area contributed by atoms with E-state index < -0.39 is 0 Å². The fourth-order valence-corrected chi connectivity index (χ4v) is 1.36. The van der Waals surface area contributed by atoms with E-state index in [0.29, 0.717) is 0 Å². The molecule has 0 aliphatic rings. The number of hydrogen-bond acceptors (Lipinski definition) is 1. The molecule has 2 aromatic rings. The summed E-state index contributed by atoms with van der Waals surface area (Å²) < 4.78 is 0. The molecule has 0 aliphatic carbocycles. The van der Waals surface area contributed by atoms with Gasteiger partial charge in [0.05, 0.1) is 0 Å². The van der Waals surface area contributed by atoms with E-state index in [-0.39, 0.29) is 0 Å². The van der Waals surface area contributed by atoms with Gasteiger partial charge >= 0.3 is 0 Å². The van der Waals surface area contributed by atoms with Crippen LogP contribution in [0.1, 0.15) is 15.9 Å². The van der Waals surface area contributed by atoms with Crippen molar-refractivity contribution in [3.63, 3.8) is 0 Å². The highest BCUT2D eigenvalue weighted by Gasteiger charge is 2.00. The van der Waals surface area contributed by atoms with Gasteiger partial charge in [-0.25, -0.2) is 0 Å². The maximum absolute atomic E-state index is 10.5. The molecule has 0 unspecified atom stereocenters. The number of aldehydes is 1. The number of aryl methyl sites for hydroxylation is 1. The van der Waals surface area contributed by atoms with Gasteiger partial charge < -0.3 is 4.98 Å². The largest absolute Gasteiger partial charge is 0.360 e. The van der Waals surface area contributed by atoms with E-state index in [9.17, 15) is 4.79 Å². The molecule has 0 radical (unpaired) electrons. The van der Waals surface area contributed by atoms with Crippen molar-refractivity contribution >= 4 is 17.2 Å². The molecule has 1 heterocycles. The summed E-state index contributed by atoms with van der Waals surface area (Å²) in [6, 6.07) is 6.00. The van der Waals surface area contributed by atoms with Crippen molar-refractivity contribution in [3.05, 3.63) is 35.5 Å². The highest BCUT2D eigenvalue weighted by atomic mass is 16.1. The van der Waals surface area contributed by atoms with Crippen molar-refractivity contribution in [1.29, 1.82) is 0 Å². The van der Waals surface area contributed by atoms with Gasteiger partial charge in [-0.2, -0.15) is 0 Å². The highest BCUT2D eigenvalue weighted by molar-refractivity contribution is 5.97. The second-order valence-corrected chi connectivity index (χ2v) is 2.91. The third-order valence-corrected chi connectivity index (χ3v) is 2.00. The zero-order valence-electron chi connectivity index (χ0n) is 6.79. The van der Waals surface area contributed by atoms with Crippen LogP contribution in [-0.2, 0) is 0 Å². The molecule has 1 aromatic heterocycles. The van der Waals surface area contributed by atoms with Crippen LogP contribution < -0.4 is 0 Å². The van der Waals surface area contributed by atoms with Crippen LogP contribution in [-0.4, -0.2) is 11.3 Å². The number of aromatic nitrogens is 1. The summed E-state index contributed by atoms with van der Waals surface area (Å²) in [6.45, 7) is 2.03. The Balaban J connectivity index is 2.81. The lowest BCUT2D eigenvalue weighted by molar-refractivity contribution is 0.112. The Bertz CT molecular complexity index is 428. The molecule has 1 N–H and O–H groups in total. The lowest BCUT2D eigenvalue weighted by Gasteiger charge is -1.92. The number of benzene rings is 1. The van der Waals surface area contributed by atoms with Crippen LogP contribution in [0, 0.1) is 6.92 Å². The van der Waals surface area contributed by atoms with Gasteiger partial charge in [-0.1, -0.05) is 12.1 Å². The average molecular weight is 159 g/mol.